The zero-order chi connectivity index (χ0) is 18.8. The lowest BCUT2D eigenvalue weighted by atomic mass is 10.2. The number of aromatic nitrogens is 2. The van der Waals surface area contributed by atoms with Gasteiger partial charge in [0.15, 0.2) is 0 Å². The molecule has 0 atom stereocenters. The Bertz CT molecular complexity index is 1040. The summed E-state index contributed by atoms with van der Waals surface area (Å²) in [7, 11) is 0. The molecule has 4 nitrogen and oxygen atoms in total. The van der Waals surface area contributed by atoms with Gasteiger partial charge in [0.25, 0.3) is 0 Å². The molecule has 3 aromatic rings. The Morgan fingerprint density at radius 3 is 2.89 bits per heavy atom. The molecule has 2 heterocycles. The molecule has 6 heteroatoms. The van der Waals surface area contributed by atoms with Crippen LogP contribution in [0.1, 0.15) is 22.4 Å². The van der Waals surface area contributed by atoms with Gasteiger partial charge in [-0.3, -0.25) is 4.79 Å². The minimum atomic E-state index is -0.205. The van der Waals surface area contributed by atoms with Gasteiger partial charge >= 0.3 is 0 Å². The van der Waals surface area contributed by atoms with Crippen molar-refractivity contribution < 1.29 is 4.79 Å². The Balaban J connectivity index is 1.63. The maximum Gasteiger partial charge on any atom is 0.249 e. The third kappa shape index (κ3) is 3.80. The van der Waals surface area contributed by atoms with Crippen molar-refractivity contribution in [2.75, 3.05) is 5.32 Å². The molecule has 0 unspecified atom stereocenters. The molecule has 1 amide bonds. The lowest BCUT2D eigenvalue weighted by Gasteiger charge is -2.10. The molecular weight excluding hydrogens is 378 g/mol. The van der Waals surface area contributed by atoms with Gasteiger partial charge in [0.05, 0.1) is 11.4 Å². The van der Waals surface area contributed by atoms with Gasteiger partial charge in [-0.1, -0.05) is 41.9 Å². The Morgan fingerprint density at radius 2 is 2.07 bits per heavy atom. The van der Waals surface area contributed by atoms with Crippen LogP contribution in [-0.4, -0.2) is 15.7 Å². The predicted molar refractivity (Wildman–Crippen MR) is 112 cm³/mol. The number of hydrogen-bond acceptors (Lipinski definition) is 3. The number of thioether (sulfide) groups is 1. The lowest BCUT2D eigenvalue weighted by molar-refractivity contribution is -0.111. The van der Waals surface area contributed by atoms with Crippen molar-refractivity contribution in [3.8, 4) is 5.69 Å². The van der Waals surface area contributed by atoms with Crippen molar-refractivity contribution in [2.24, 2.45) is 0 Å². The summed E-state index contributed by atoms with van der Waals surface area (Å²) in [6.45, 7) is 2.04. The number of carbonyl (C=O) groups is 1. The maximum absolute atomic E-state index is 12.6. The van der Waals surface area contributed by atoms with E-state index in [4.69, 9.17) is 16.7 Å². The summed E-state index contributed by atoms with van der Waals surface area (Å²) < 4.78 is 1.83. The number of anilines is 1. The largest absolute Gasteiger partial charge is 0.307 e. The topological polar surface area (TPSA) is 46.9 Å². The van der Waals surface area contributed by atoms with Gasteiger partial charge in [0.2, 0.25) is 5.91 Å². The average Bonchev–Trinajstić information content (AvgIpc) is 3.24. The quantitative estimate of drug-likeness (QED) is 0.615. The molecule has 4 rings (SSSR count). The highest BCUT2D eigenvalue weighted by atomic mass is 35.5. The first-order valence-electron chi connectivity index (χ1n) is 8.61. The highest BCUT2D eigenvalue weighted by molar-refractivity contribution is 7.98. The number of nitrogens with one attached hydrogen (secondary N) is 1. The van der Waals surface area contributed by atoms with Gasteiger partial charge in [-0.15, -0.1) is 0 Å². The number of benzene rings is 2. The van der Waals surface area contributed by atoms with Gasteiger partial charge in [0.1, 0.15) is 5.82 Å². The summed E-state index contributed by atoms with van der Waals surface area (Å²) in [5.74, 6) is 2.26. The molecule has 0 spiro atoms. The first kappa shape index (κ1) is 17.9. The molecule has 27 heavy (non-hydrogen) atoms. The molecule has 0 bridgehead atoms. The molecule has 0 fully saturated rings. The van der Waals surface area contributed by atoms with E-state index >= 15 is 0 Å². The van der Waals surface area contributed by atoms with Gasteiger partial charge in [-0.2, -0.15) is 16.9 Å². The van der Waals surface area contributed by atoms with Crippen LogP contribution in [0.5, 0.6) is 0 Å². The van der Waals surface area contributed by atoms with Crippen LogP contribution in [0.3, 0.4) is 0 Å². The summed E-state index contributed by atoms with van der Waals surface area (Å²) in [5.41, 5.74) is 5.03. The van der Waals surface area contributed by atoms with Gasteiger partial charge in [0, 0.05) is 28.2 Å². The Morgan fingerprint density at radius 1 is 1.22 bits per heavy atom. The van der Waals surface area contributed by atoms with Crippen molar-refractivity contribution in [1.82, 2.24) is 9.78 Å². The molecule has 136 valence electrons. The zero-order valence-electron chi connectivity index (χ0n) is 14.8. The van der Waals surface area contributed by atoms with E-state index in [1.807, 2.05) is 59.8 Å². The van der Waals surface area contributed by atoms with Gasteiger partial charge in [-0.25, -0.2) is 4.68 Å². The summed E-state index contributed by atoms with van der Waals surface area (Å²) >= 11 is 7.95. The normalized spacial score (nSPS) is 13.1. The van der Waals surface area contributed by atoms with Crippen LogP contribution in [0.25, 0.3) is 11.8 Å². The zero-order valence-corrected chi connectivity index (χ0v) is 16.3. The van der Waals surface area contributed by atoms with E-state index in [0.29, 0.717) is 5.02 Å². The van der Waals surface area contributed by atoms with Crippen LogP contribution >= 0.6 is 23.4 Å². The number of rotatable bonds is 4. The van der Waals surface area contributed by atoms with Crippen LogP contribution < -0.4 is 5.32 Å². The summed E-state index contributed by atoms with van der Waals surface area (Å²) in [6, 6.07) is 15.5. The highest BCUT2D eigenvalue weighted by Crippen LogP contribution is 2.36. The monoisotopic (exact) mass is 395 g/mol. The Labute approximate surface area is 167 Å². The fraction of sp³-hybridized carbons (Fsp3) is 0.143. The third-order valence-electron chi connectivity index (χ3n) is 4.36. The SMILES string of the molecule is Cc1cccc(-n2nc3c(c2NC(=O)/C=C/c2ccccc2Cl)CSC3)c1. The molecule has 0 aliphatic carbocycles. The highest BCUT2D eigenvalue weighted by Gasteiger charge is 2.24. The molecule has 0 radical (unpaired) electrons. The minimum Gasteiger partial charge on any atom is -0.307 e. The van der Waals surface area contributed by atoms with Crippen molar-refractivity contribution in [3.63, 3.8) is 0 Å². The van der Waals surface area contributed by atoms with Crippen molar-refractivity contribution in [2.45, 2.75) is 18.4 Å². The van der Waals surface area contributed by atoms with E-state index in [1.165, 1.54) is 6.08 Å². The molecule has 1 aliphatic heterocycles. The van der Waals surface area contributed by atoms with E-state index < -0.39 is 0 Å². The first-order valence-corrected chi connectivity index (χ1v) is 10.1. The first-order chi connectivity index (χ1) is 13.1. The molecule has 1 aliphatic rings. The van der Waals surface area contributed by atoms with Crippen LogP contribution in [0.2, 0.25) is 5.02 Å². The number of amides is 1. The number of hydrogen-bond donors (Lipinski definition) is 1. The van der Waals surface area contributed by atoms with E-state index in [1.54, 1.807) is 12.1 Å². The number of carbonyl (C=O) groups excluding carboxylic acids is 1. The van der Waals surface area contributed by atoms with Crippen LogP contribution in [0, 0.1) is 6.92 Å². The van der Waals surface area contributed by atoms with Crippen molar-refractivity contribution >= 4 is 41.2 Å². The summed E-state index contributed by atoms with van der Waals surface area (Å²) in [4.78, 5) is 12.6. The van der Waals surface area contributed by atoms with Crippen LogP contribution in [0.4, 0.5) is 5.82 Å². The van der Waals surface area contributed by atoms with Crippen LogP contribution in [0.15, 0.2) is 54.6 Å². The second-order valence-electron chi connectivity index (χ2n) is 6.36. The second-order valence-corrected chi connectivity index (χ2v) is 7.75. The molecule has 2 aromatic carbocycles. The Kier molecular flexibility index (Phi) is 5.05. The lowest BCUT2D eigenvalue weighted by Crippen LogP contribution is -2.13. The minimum absolute atomic E-state index is 0.205. The fourth-order valence-corrected chi connectivity index (χ4v) is 4.26. The molecule has 1 aromatic heterocycles. The predicted octanol–water partition coefficient (Wildman–Crippen LogP) is 5.23. The van der Waals surface area contributed by atoms with Gasteiger partial charge in [-0.05, 0) is 42.3 Å². The standard InChI is InChI=1S/C21H18ClN3OS/c1-14-5-4-7-16(11-14)25-21(17-12-27-13-19(17)24-25)23-20(26)10-9-15-6-2-3-8-18(15)22/h2-11H,12-13H2,1H3,(H,23,26)/b10-9+. The van der Waals surface area contributed by atoms with E-state index in [2.05, 4.69) is 11.4 Å². The molecule has 0 saturated heterocycles. The van der Waals surface area contributed by atoms with Gasteiger partial charge < -0.3 is 5.32 Å². The summed E-state index contributed by atoms with van der Waals surface area (Å²) in [5, 5.41) is 8.35. The number of fused-ring (bicyclic) bond motifs is 1. The van der Waals surface area contributed by atoms with E-state index in [-0.39, 0.29) is 5.91 Å². The number of aryl methyl sites for hydroxylation is 1. The molecular formula is C21H18ClN3OS. The third-order valence-corrected chi connectivity index (χ3v) is 5.67. The Hall–Kier alpha value is -2.50. The molecule has 1 N–H and O–H groups in total. The summed E-state index contributed by atoms with van der Waals surface area (Å²) in [6.07, 6.45) is 3.23. The van der Waals surface area contributed by atoms with Crippen molar-refractivity contribution in [3.05, 3.63) is 82.0 Å². The van der Waals surface area contributed by atoms with E-state index in [9.17, 15) is 4.79 Å². The average molecular weight is 396 g/mol. The maximum atomic E-state index is 12.6. The van der Waals surface area contributed by atoms with Crippen molar-refractivity contribution in [1.29, 1.82) is 0 Å². The number of halogens is 1. The second kappa shape index (κ2) is 7.62. The number of nitrogens with zero attached hydrogens (tertiary/aromatic N) is 2. The van der Waals surface area contributed by atoms with Crippen LogP contribution in [-0.2, 0) is 16.3 Å². The van der Waals surface area contributed by atoms with E-state index in [0.717, 1.165) is 45.4 Å². The smallest absolute Gasteiger partial charge is 0.249 e. The fourth-order valence-electron chi connectivity index (χ4n) is 3.02. The molecule has 0 saturated carbocycles.